The zero-order valence-electron chi connectivity index (χ0n) is 17.1. The Labute approximate surface area is 165 Å². The molecule has 0 saturated carbocycles. The number of methoxy groups -OCH3 is 2. The molecule has 0 spiro atoms. The molecule has 28 heavy (non-hydrogen) atoms. The summed E-state index contributed by atoms with van der Waals surface area (Å²) in [5.74, 6) is 3.83. The number of fused-ring (bicyclic) bond motifs is 1. The molecule has 0 atom stereocenters. The zero-order chi connectivity index (χ0) is 19.9. The highest BCUT2D eigenvalue weighted by atomic mass is 16.5. The third-order valence-corrected chi connectivity index (χ3v) is 4.73. The van der Waals surface area contributed by atoms with E-state index in [-0.39, 0.29) is 0 Å². The van der Waals surface area contributed by atoms with Crippen LogP contribution in [0.15, 0.2) is 21.6 Å². The third-order valence-electron chi connectivity index (χ3n) is 4.73. The first kappa shape index (κ1) is 20.0. The van der Waals surface area contributed by atoms with Gasteiger partial charge >= 0.3 is 0 Å². The fourth-order valence-corrected chi connectivity index (χ4v) is 3.35. The minimum absolute atomic E-state index is 0.672. The van der Waals surface area contributed by atoms with Crippen LogP contribution in [0.1, 0.15) is 36.2 Å². The van der Waals surface area contributed by atoms with Gasteiger partial charge in [0.1, 0.15) is 0 Å². The van der Waals surface area contributed by atoms with Crippen molar-refractivity contribution < 1.29 is 14.0 Å². The smallest absolute Gasteiger partial charge is 0.226 e. The number of aromatic nitrogens is 2. The van der Waals surface area contributed by atoms with E-state index in [0.717, 1.165) is 56.4 Å². The number of ether oxygens (including phenoxy) is 2. The molecule has 1 N–H and O–H groups in total. The second kappa shape index (κ2) is 9.43. The fourth-order valence-electron chi connectivity index (χ4n) is 3.35. The summed E-state index contributed by atoms with van der Waals surface area (Å²) in [7, 11) is 3.34. The molecule has 0 amide bonds. The highest BCUT2D eigenvalue weighted by molar-refractivity contribution is 5.80. The van der Waals surface area contributed by atoms with Crippen LogP contribution >= 0.6 is 0 Å². The van der Waals surface area contributed by atoms with E-state index in [0.29, 0.717) is 18.3 Å². The van der Waals surface area contributed by atoms with Crippen molar-refractivity contribution in [3.63, 3.8) is 0 Å². The van der Waals surface area contributed by atoms with E-state index in [2.05, 4.69) is 39.4 Å². The van der Waals surface area contributed by atoms with Gasteiger partial charge < -0.3 is 24.2 Å². The van der Waals surface area contributed by atoms with Gasteiger partial charge in [-0.2, -0.15) is 4.98 Å². The molecule has 0 bridgehead atoms. The Hall–Kier alpha value is -2.77. The Bertz CT molecular complexity index is 818. The van der Waals surface area contributed by atoms with Crippen molar-refractivity contribution in [3.8, 4) is 11.5 Å². The number of hydrogen-bond donors (Lipinski definition) is 1. The van der Waals surface area contributed by atoms with Crippen LogP contribution in [0, 0.1) is 6.92 Å². The molecular formula is C20H29N5O3. The maximum atomic E-state index is 5.46. The lowest BCUT2D eigenvalue weighted by molar-refractivity contribution is 0.345. The summed E-state index contributed by atoms with van der Waals surface area (Å²) in [5.41, 5.74) is 2.55. The Balaban J connectivity index is 1.65. The normalized spacial score (nSPS) is 14.0. The van der Waals surface area contributed by atoms with Crippen LogP contribution in [-0.4, -0.2) is 54.9 Å². The van der Waals surface area contributed by atoms with Crippen molar-refractivity contribution in [1.29, 1.82) is 0 Å². The number of benzene rings is 1. The zero-order valence-corrected chi connectivity index (χ0v) is 17.1. The van der Waals surface area contributed by atoms with E-state index >= 15 is 0 Å². The monoisotopic (exact) mass is 387 g/mol. The van der Waals surface area contributed by atoms with E-state index in [9.17, 15) is 0 Å². The van der Waals surface area contributed by atoms with Gasteiger partial charge in [-0.15, -0.1) is 0 Å². The lowest BCUT2D eigenvalue weighted by Gasteiger charge is -2.32. The average molecular weight is 387 g/mol. The van der Waals surface area contributed by atoms with Crippen molar-refractivity contribution in [2.45, 2.75) is 39.7 Å². The summed E-state index contributed by atoms with van der Waals surface area (Å²) in [6.45, 7) is 7.16. The van der Waals surface area contributed by atoms with Crippen molar-refractivity contribution in [1.82, 2.24) is 20.4 Å². The summed E-state index contributed by atoms with van der Waals surface area (Å²) in [5, 5.41) is 7.23. The topological polar surface area (TPSA) is 85.0 Å². The van der Waals surface area contributed by atoms with Gasteiger partial charge in [0, 0.05) is 32.6 Å². The second-order valence-corrected chi connectivity index (χ2v) is 6.72. The SMILES string of the molecule is CCNC(=NCCCc1nc(C)no1)N1CCc2cc(OC)c(OC)cc2C1. The molecular weight excluding hydrogens is 358 g/mol. The van der Waals surface area contributed by atoms with E-state index in [1.807, 2.05) is 6.92 Å². The maximum Gasteiger partial charge on any atom is 0.226 e. The molecule has 8 nitrogen and oxygen atoms in total. The number of nitrogens with zero attached hydrogens (tertiary/aromatic N) is 4. The molecule has 3 rings (SSSR count). The summed E-state index contributed by atoms with van der Waals surface area (Å²) < 4.78 is 16.0. The van der Waals surface area contributed by atoms with E-state index in [4.69, 9.17) is 19.0 Å². The second-order valence-electron chi connectivity index (χ2n) is 6.72. The van der Waals surface area contributed by atoms with Crippen LogP contribution in [0.5, 0.6) is 11.5 Å². The van der Waals surface area contributed by atoms with E-state index in [1.165, 1.54) is 11.1 Å². The van der Waals surface area contributed by atoms with Crippen LogP contribution < -0.4 is 14.8 Å². The molecule has 1 aromatic heterocycles. The predicted molar refractivity (Wildman–Crippen MR) is 107 cm³/mol. The first-order valence-electron chi connectivity index (χ1n) is 9.70. The molecule has 0 aliphatic carbocycles. The van der Waals surface area contributed by atoms with Gasteiger partial charge in [0.05, 0.1) is 14.2 Å². The minimum Gasteiger partial charge on any atom is -0.493 e. The van der Waals surface area contributed by atoms with Crippen LogP contribution in [0.3, 0.4) is 0 Å². The van der Waals surface area contributed by atoms with Gasteiger partial charge in [0.15, 0.2) is 23.3 Å². The number of aliphatic imine (C=N–C) groups is 1. The summed E-state index contributed by atoms with van der Waals surface area (Å²) in [6, 6.07) is 4.16. The van der Waals surface area contributed by atoms with E-state index < -0.39 is 0 Å². The molecule has 2 heterocycles. The Morgan fingerprint density at radius 3 is 2.64 bits per heavy atom. The van der Waals surface area contributed by atoms with Crippen molar-refractivity contribution >= 4 is 5.96 Å². The standard InChI is InChI=1S/C20H29N5O3/c1-5-21-20(22-9-6-7-19-23-14(2)24-28-19)25-10-8-15-11-17(26-3)18(27-4)12-16(15)13-25/h11-12H,5-10,13H2,1-4H3,(H,21,22). The van der Waals surface area contributed by atoms with Crippen LogP contribution in [0.4, 0.5) is 0 Å². The molecule has 1 aliphatic rings. The highest BCUT2D eigenvalue weighted by Gasteiger charge is 2.21. The highest BCUT2D eigenvalue weighted by Crippen LogP contribution is 2.33. The number of rotatable bonds is 7. The molecule has 152 valence electrons. The first-order valence-corrected chi connectivity index (χ1v) is 9.70. The largest absolute Gasteiger partial charge is 0.493 e. The lowest BCUT2D eigenvalue weighted by Crippen LogP contribution is -2.44. The Kier molecular flexibility index (Phi) is 6.73. The van der Waals surface area contributed by atoms with Gasteiger partial charge in [-0.25, -0.2) is 0 Å². The van der Waals surface area contributed by atoms with Crippen LogP contribution in [-0.2, 0) is 19.4 Å². The quantitative estimate of drug-likeness (QED) is 0.443. The molecule has 0 radical (unpaired) electrons. The lowest BCUT2D eigenvalue weighted by atomic mass is 9.99. The molecule has 8 heteroatoms. The van der Waals surface area contributed by atoms with Crippen molar-refractivity contribution in [2.75, 3.05) is 33.9 Å². The van der Waals surface area contributed by atoms with Gasteiger partial charge in [0.25, 0.3) is 0 Å². The Morgan fingerprint density at radius 2 is 2.00 bits per heavy atom. The van der Waals surface area contributed by atoms with Crippen molar-refractivity contribution in [3.05, 3.63) is 35.0 Å². The number of nitrogens with one attached hydrogen (secondary N) is 1. The van der Waals surface area contributed by atoms with Crippen LogP contribution in [0.2, 0.25) is 0 Å². The van der Waals surface area contributed by atoms with Crippen LogP contribution in [0.25, 0.3) is 0 Å². The predicted octanol–water partition coefficient (Wildman–Crippen LogP) is 2.35. The number of aryl methyl sites for hydroxylation is 2. The maximum absolute atomic E-state index is 5.46. The minimum atomic E-state index is 0.672. The fraction of sp³-hybridized carbons (Fsp3) is 0.550. The number of hydrogen-bond acceptors (Lipinski definition) is 6. The Morgan fingerprint density at radius 1 is 1.25 bits per heavy atom. The molecule has 0 fully saturated rings. The molecule has 0 unspecified atom stereocenters. The first-order chi connectivity index (χ1) is 13.6. The van der Waals surface area contributed by atoms with Gasteiger partial charge in [0.2, 0.25) is 5.89 Å². The van der Waals surface area contributed by atoms with E-state index in [1.54, 1.807) is 14.2 Å². The third kappa shape index (κ3) is 4.74. The van der Waals surface area contributed by atoms with Gasteiger partial charge in [-0.3, -0.25) is 4.99 Å². The number of guanidine groups is 1. The molecule has 1 aromatic carbocycles. The summed E-state index contributed by atoms with van der Waals surface area (Å²) >= 11 is 0. The molecule has 0 saturated heterocycles. The van der Waals surface area contributed by atoms with Crippen molar-refractivity contribution in [2.24, 2.45) is 4.99 Å². The summed E-state index contributed by atoms with van der Waals surface area (Å²) in [4.78, 5) is 11.3. The van der Waals surface area contributed by atoms with Gasteiger partial charge in [-0.1, -0.05) is 5.16 Å². The molecule has 2 aromatic rings. The molecule has 1 aliphatic heterocycles. The summed E-state index contributed by atoms with van der Waals surface area (Å²) in [6.07, 6.45) is 2.55. The van der Waals surface area contributed by atoms with Gasteiger partial charge in [-0.05, 0) is 49.9 Å². The average Bonchev–Trinajstić information content (AvgIpc) is 3.13.